The zero-order valence-corrected chi connectivity index (χ0v) is 19.6. The fraction of sp³-hybridized carbons (Fsp3) is 0.524. The lowest BCUT2D eigenvalue weighted by Gasteiger charge is -2.43. The van der Waals surface area contributed by atoms with Crippen LogP contribution in [0.5, 0.6) is 0 Å². The molecule has 8 heteroatoms. The molecule has 0 saturated heterocycles. The molecule has 1 unspecified atom stereocenters. The largest absolute Gasteiger partial charge is 0.383 e. The van der Waals surface area contributed by atoms with E-state index < -0.39 is 5.60 Å². The number of rotatable bonds is 7. The molecule has 1 aromatic carbocycles. The highest BCUT2D eigenvalue weighted by atomic mass is 127. The van der Waals surface area contributed by atoms with Gasteiger partial charge in [-0.15, -0.1) is 24.0 Å². The summed E-state index contributed by atoms with van der Waals surface area (Å²) in [5, 5.41) is 21.5. The van der Waals surface area contributed by atoms with Gasteiger partial charge in [-0.1, -0.05) is 18.6 Å². The molecule has 3 N–H and O–H groups in total. The van der Waals surface area contributed by atoms with Crippen LogP contribution in [0.15, 0.2) is 41.7 Å². The molecule has 0 aliphatic heterocycles. The van der Waals surface area contributed by atoms with E-state index in [0.29, 0.717) is 5.96 Å². The highest BCUT2D eigenvalue weighted by Gasteiger charge is 2.38. The first kappa shape index (κ1) is 23.6. The van der Waals surface area contributed by atoms with Crippen LogP contribution >= 0.6 is 24.0 Å². The average Bonchev–Trinajstić information content (AvgIpc) is 3.07. The lowest BCUT2D eigenvalue weighted by molar-refractivity contribution is 0.0671. The molecule has 1 aliphatic rings. The van der Waals surface area contributed by atoms with Crippen molar-refractivity contribution in [2.45, 2.75) is 44.1 Å². The van der Waals surface area contributed by atoms with Gasteiger partial charge in [-0.3, -0.25) is 4.68 Å². The number of aromatic nitrogens is 2. The van der Waals surface area contributed by atoms with Crippen LogP contribution in [-0.4, -0.2) is 40.5 Å². The summed E-state index contributed by atoms with van der Waals surface area (Å²) in [6, 6.07) is 6.82. The minimum Gasteiger partial charge on any atom is -0.383 e. The van der Waals surface area contributed by atoms with Gasteiger partial charge in [0.05, 0.1) is 12.7 Å². The number of guanidine groups is 1. The molecule has 2 aromatic rings. The summed E-state index contributed by atoms with van der Waals surface area (Å²) in [6.45, 7) is 5.42. The Labute approximate surface area is 189 Å². The molecule has 1 aromatic heterocycles. The molecule has 1 heterocycles. The van der Waals surface area contributed by atoms with Crippen molar-refractivity contribution in [2.75, 3.05) is 19.6 Å². The highest BCUT2D eigenvalue weighted by molar-refractivity contribution is 14.0. The van der Waals surface area contributed by atoms with Crippen molar-refractivity contribution in [3.8, 4) is 0 Å². The summed E-state index contributed by atoms with van der Waals surface area (Å²) in [7, 11) is 1.82. The second kappa shape index (κ2) is 9.88. The summed E-state index contributed by atoms with van der Waals surface area (Å²) in [5.74, 6) is 0.457. The zero-order valence-electron chi connectivity index (χ0n) is 17.3. The first-order chi connectivity index (χ1) is 13.3. The number of aliphatic hydroxyl groups is 1. The molecule has 0 bridgehead atoms. The number of hydrogen-bond donors (Lipinski definition) is 3. The first-order valence-electron chi connectivity index (χ1n) is 9.84. The second-order valence-corrected chi connectivity index (χ2v) is 7.87. The Balaban J connectivity index is 0.00000300. The molecule has 1 saturated carbocycles. The summed E-state index contributed by atoms with van der Waals surface area (Å²) < 4.78 is 15.0. The number of aliphatic imine (C=N–C) groups is 1. The van der Waals surface area contributed by atoms with Crippen LogP contribution in [0, 0.1) is 5.82 Å². The fourth-order valence-electron chi connectivity index (χ4n) is 3.59. The highest BCUT2D eigenvalue weighted by Crippen LogP contribution is 2.43. The molecular weight excluding hydrogens is 484 g/mol. The van der Waals surface area contributed by atoms with Crippen LogP contribution in [0.25, 0.3) is 0 Å². The number of nitrogens with zero attached hydrogens (tertiary/aromatic N) is 3. The van der Waals surface area contributed by atoms with Crippen molar-refractivity contribution < 1.29 is 9.50 Å². The number of halogens is 2. The fourth-order valence-corrected chi connectivity index (χ4v) is 3.59. The molecule has 6 nitrogen and oxygen atoms in total. The van der Waals surface area contributed by atoms with Gasteiger partial charge >= 0.3 is 0 Å². The molecule has 0 amide bonds. The molecular formula is C21H31FIN5O. The van der Waals surface area contributed by atoms with E-state index in [-0.39, 0.29) is 41.8 Å². The maximum absolute atomic E-state index is 13.3. The molecule has 0 radical (unpaired) electrons. The van der Waals surface area contributed by atoms with Crippen LogP contribution in [-0.2, 0) is 18.1 Å². The van der Waals surface area contributed by atoms with Gasteiger partial charge in [-0.05, 0) is 44.4 Å². The SMILES string of the molecule is CCNC(=NCC(C)(O)c1cnn(C)c1)NCC1(c2ccc(F)cc2)CCC1.I. The van der Waals surface area contributed by atoms with Crippen LogP contribution < -0.4 is 10.6 Å². The number of hydrogen-bond acceptors (Lipinski definition) is 3. The molecule has 160 valence electrons. The van der Waals surface area contributed by atoms with E-state index in [0.717, 1.165) is 37.1 Å². The van der Waals surface area contributed by atoms with E-state index in [2.05, 4.69) is 20.7 Å². The normalized spacial score (nSPS) is 17.6. The average molecular weight is 515 g/mol. The van der Waals surface area contributed by atoms with E-state index in [9.17, 15) is 9.50 Å². The lowest BCUT2D eigenvalue weighted by Crippen LogP contribution is -2.49. The van der Waals surface area contributed by atoms with E-state index >= 15 is 0 Å². The maximum atomic E-state index is 13.3. The van der Waals surface area contributed by atoms with Crippen LogP contribution in [0.1, 0.15) is 44.2 Å². The summed E-state index contributed by atoms with van der Waals surface area (Å²) in [4.78, 5) is 4.59. The van der Waals surface area contributed by atoms with Gasteiger partial charge in [0.2, 0.25) is 0 Å². The predicted octanol–water partition coefficient (Wildman–Crippen LogP) is 3.06. The minimum absolute atomic E-state index is 0. The van der Waals surface area contributed by atoms with Gasteiger partial charge in [0.25, 0.3) is 0 Å². The van der Waals surface area contributed by atoms with Gasteiger partial charge in [-0.2, -0.15) is 5.10 Å². The Hall–Kier alpha value is -1.68. The molecule has 1 aliphatic carbocycles. The Morgan fingerprint density at radius 1 is 1.31 bits per heavy atom. The molecule has 3 rings (SSSR count). The van der Waals surface area contributed by atoms with Crippen molar-refractivity contribution in [3.63, 3.8) is 0 Å². The van der Waals surface area contributed by atoms with E-state index in [4.69, 9.17) is 0 Å². The monoisotopic (exact) mass is 515 g/mol. The smallest absolute Gasteiger partial charge is 0.191 e. The number of benzene rings is 1. The Bertz CT molecular complexity index is 815. The lowest BCUT2D eigenvalue weighted by atomic mass is 9.64. The second-order valence-electron chi connectivity index (χ2n) is 7.87. The van der Waals surface area contributed by atoms with Gasteiger partial charge in [-0.25, -0.2) is 9.38 Å². The predicted molar refractivity (Wildman–Crippen MR) is 124 cm³/mol. The third kappa shape index (κ3) is 5.69. The molecule has 29 heavy (non-hydrogen) atoms. The van der Waals surface area contributed by atoms with Crippen molar-refractivity contribution in [1.29, 1.82) is 0 Å². The Morgan fingerprint density at radius 3 is 2.52 bits per heavy atom. The first-order valence-corrected chi connectivity index (χ1v) is 9.84. The van der Waals surface area contributed by atoms with Crippen LogP contribution in [0.4, 0.5) is 4.39 Å². The van der Waals surface area contributed by atoms with E-state index in [1.54, 1.807) is 24.0 Å². The van der Waals surface area contributed by atoms with Crippen molar-refractivity contribution >= 4 is 29.9 Å². The summed E-state index contributed by atoms with van der Waals surface area (Å²) in [6.07, 6.45) is 6.76. The topological polar surface area (TPSA) is 74.5 Å². The van der Waals surface area contributed by atoms with Crippen molar-refractivity contribution in [2.24, 2.45) is 12.0 Å². The third-order valence-corrected chi connectivity index (χ3v) is 5.58. The standard InChI is InChI=1S/C21H30FN5O.HI/c1-4-23-19(24-14-20(2,28)17-12-26-27(3)13-17)25-15-21(10-5-11-21)16-6-8-18(22)9-7-16;/h6-9,12-13,28H,4-5,10-11,14-15H2,1-3H3,(H2,23,24,25);1H. The van der Waals surface area contributed by atoms with Gasteiger partial charge in [0, 0.05) is 37.3 Å². The Morgan fingerprint density at radius 2 is 2.00 bits per heavy atom. The molecule has 0 spiro atoms. The van der Waals surface area contributed by atoms with E-state index in [1.807, 2.05) is 26.1 Å². The van der Waals surface area contributed by atoms with Crippen molar-refractivity contribution in [1.82, 2.24) is 20.4 Å². The van der Waals surface area contributed by atoms with Gasteiger partial charge in [0.15, 0.2) is 5.96 Å². The van der Waals surface area contributed by atoms with Gasteiger partial charge in [0.1, 0.15) is 11.4 Å². The zero-order chi connectivity index (χ0) is 20.2. The quantitative estimate of drug-likeness (QED) is 0.301. The van der Waals surface area contributed by atoms with Gasteiger partial charge < -0.3 is 15.7 Å². The van der Waals surface area contributed by atoms with Crippen LogP contribution in [0.3, 0.4) is 0 Å². The molecule has 1 atom stereocenters. The minimum atomic E-state index is -1.10. The Kier molecular flexibility index (Phi) is 8.04. The van der Waals surface area contributed by atoms with E-state index in [1.165, 1.54) is 18.6 Å². The summed E-state index contributed by atoms with van der Waals surface area (Å²) >= 11 is 0. The summed E-state index contributed by atoms with van der Waals surface area (Å²) in [5.41, 5.74) is 0.805. The van der Waals surface area contributed by atoms with Crippen LogP contribution in [0.2, 0.25) is 0 Å². The third-order valence-electron chi connectivity index (χ3n) is 5.58. The molecule has 1 fully saturated rings. The van der Waals surface area contributed by atoms with Crippen molar-refractivity contribution in [3.05, 3.63) is 53.6 Å². The number of nitrogens with one attached hydrogen (secondary N) is 2. The maximum Gasteiger partial charge on any atom is 0.191 e. The number of aryl methyl sites for hydroxylation is 1.